The van der Waals surface area contributed by atoms with Crippen molar-refractivity contribution in [2.75, 3.05) is 6.61 Å². The van der Waals surface area contributed by atoms with Crippen LogP contribution in [0.3, 0.4) is 0 Å². The van der Waals surface area contributed by atoms with Crippen molar-refractivity contribution in [1.29, 1.82) is 0 Å². The van der Waals surface area contributed by atoms with Gasteiger partial charge >= 0.3 is 6.09 Å². The lowest BCUT2D eigenvalue weighted by Crippen LogP contribution is -2.67. The van der Waals surface area contributed by atoms with E-state index in [2.05, 4.69) is 50.4 Å². The van der Waals surface area contributed by atoms with Crippen molar-refractivity contribution in [3.63, 3.8) is 0 Å². The summed E-state index contributed by atoms with van der Waals surface area (Å²) in [6.07, 6.45) is 0.336. The Morgan fingerprint density at radius 3 is 1.90 bits per heavy atom. The Kier molecular flexibility index (Phi) is 8.02. The largest absolute Gasteiger partial charge is 0.465 e. The molecule has 6 heteroatoms. The highest BCUT2D eigenvalue weighted by molar-refractivity contribution is 6.99. The highest BCUT2D eigenvalue weighted by Gasteiger charge is 2.50. The Bertz CT molecular complexity index is 721. The molecule has 0 aromatic heterocycles. The van der Waals surface area contributed by atoms with E-state index in [1.165, 1.54) is 10.4 Å². The van der Waals surface area contributed by atoms with E-state index < -0.39 is 14.4 Å². The summed E-state index contributed by atoms with van der Waals surface area (Å²) < 4.78 is 6.83. The molecule has 0 fully saturated rings. The van der Waals surface area contributed by atoms with Gasteiger partial charge in [-0.05, 0) is 35.2 Å². The van der Waals surface area contributed by atoms with Crippen LogP contribution in [-0.2, 0) is 4.43 Å². The Morgan fingerprint density at radius 1 is 1.03 bits per heavy atom. The second-order valence-corrected chi connectivity index (χ2v) is 13.0. The number of hydrogen-bond acceptors (Lipinski definition) is 3. The molecule has 158 valence electrons. The topological polar surface area (TPSA) is 84.6 Å². The fraction of sp³-hybridized carbons (Fsp3) is 0.435. The molecule has 1 amide bonds. The average Bonchev–Trinajstić information content (AvgIpc) is 2.66. The number of benzene rings is 2. The van der Waals surface area contributed by atoms with Gasteiger partial charge in [-0.15, -0.1) is 0 Å². The fourth-order valence-corrected chi connectivity index (χ4v) is 8.43. The molecule has 1 unspecified atom stereocenters. The first-order chi connectivity index (χ1) is 13.7. The minimum Gasteiger partial charge on any atom is -0.465 e. The lowest BCUT2D eigenvalue weighted by Gasteiger charge is -2.43. The van der Waals surface area contributed by atoms with E-state index in [1.807, 2.05) is 43.3 Å². The molecular formula is C23H34N2O3Si. The average molecular weight is 415 g/mol. The minimum atomic E-state index is -2.68. The first-order valence-electron chi connectivity index (χ1n) is 10.2. The molecule has 2 atom stereocenters. The molecule has 4 N–H and O–H groups in total. The molecular weight excluding hydrogens is 380 g/mol. The Hall–Kier alpha value is -2.15. The van der Waals surface area contributed by atoms with Crippen LogP contribution in [-0.4, -0.2) is 38.2 Å². The number of rotatable bonds is 9. The Labute approximate surface area is 175 Å². The molecule has 2 rings (SSSR count). The predicted octanol–water partition coefficient (Wildman–Crippen LogP) is 3.33. The van der Waals surface area contributed by atoms with Gasteiger partial charge in [0.1, 0.15) is 0 Å². The minimum absolute atomic E-state index is 0.0148. The van der Waals surface area contributed by atoms with Gasteiger partial charge in [0, 0.05) is 6.04 Å². The molecule has 0 saturated carbocycles. The molecule has 0 spiro atoms. The van der Waals surface area contributed by atoms with Crippen LogP contribution in [0.2, 0.25) is 5.04 Å². The Balaban J connectivity index is 2.45. The zero-order valence-corrected chi connectivity index (χ0v) is 18.9. The zero-order chi connectivity index (χ0) is 21.5. The van der Waals surface area contributed by atoms with Crippen molar-refractivity contribution in [3.8, 4) is 0 Å². The first kappa shape index (κ1) is 23.1. The molecule has 0 heterocycles. The molecule has 0 bridgehead atoms. The van der Waals surface area contributed by atoms with E-state index in [9.17, 15) is 9.90 Å². The number of hydrogen-bond donors (Lipinski definition) is 3. The maximum absolute atomic E-state index is 11.3. The van der Waals surface area contributed by atoms with Crippen molar-refractivity contribution in [2.45, 2.75) is 57.7 Å². The highest BCUT2D eigenvalue weighted by Crippen LogP contribution is 2.36. The van der Waals surface area contributed by atoms with Gasteiger partial charge in [-0.2, -0.15) is 0 Å². The molecule has 0 saturated heterocycles. The van der Waals surface area contributed by atoms with E-state index in [-0.39, 0.29) is 17.1 Å². The standard InChI is InChI=1S/C23H34N2O3Si/c1-18(24)15-16-19(25-22(26)27)17-28-29(23(2,3)4,20-11-7-5-8-12-20)21-13-9-6-10-14-21/h5-14,18-19,25H,15-17,24H2,1-4H3,(H,26,27)/t18?,19-/m0/s1. The van der Waals surface area contributed by atoms with Crippen LogP contribution in [0.4, 0.5) is 4.79 Å². The number of carbonyl (C=O) groups is 1. The molecule has 29 heavy (non-hydrogen) atoms. The molecule has 0 aliphatic carbocycles. The SMILES string of the molecule is CC(N)CC[C@@H](CO[Si](c1ccccc1)(c1ccccc1)C(C)(C)C)NC(=O)O. The van der Waals surface area contributed by atoms with Crippen molar-refractivity contribution in [2.24, 2.45) is 5.73 Å². The van der Waals surface area contributed by atoms with Gasteiger partial charge in [0.15, 0.2) is 0 Å². The maximum Gasteiger partial charge on any atom is 0.404 e. The van der Waals surface area contributed by atoms with Crippen LogP contribution in [0.1, 0.15) is 40.5 Å². The number of carboxylic acid groups (broad SMARTS) is 1. The zero-order valence-electron chi connectivity index (χ0n) is 17.9. The molecule has 2 aromatic rings. The summed E-state index contributed by atoms with van der Waals surface area (Å²) >= 11 is 0. The van der Waals surface area contributed by atoms with E-state index in [1.54, 1.807) is 0 Å². The van der Waals surface area contributed by atoms with Crippen LogP contribution >= 0.6 is 0 Å². The third kappa shape index (κ3) is 5.92. The summed E-state index contributed by atoms with van der Waals surface area (Å²) in [6.45, 7) is 8.87. The van der Waals surface area contributed by atoms with E-state index in [4.69, 9.17) is 10.2 Å². The van der Waals surface area contributed by atoms with Crippen LogP contribution in [0.5, 0.6) is 0 Å². The smallest absolute Gasteiger partial charge is 0.404 e. The number of amides is 1. The summed E-state index contributed by atoms with van der Waals surface area (Å²) in [6, 6.07) is 20.4. The van der Waals surface area contributed by atoms with Gasteiger partial charge in [0.25, 0.3) is 8.32 Å². The lowest BCUT2D eigenvalue weighted by molar-refractivity contribution is 0.176. The third-order valence-corrected chi connectivity index (χ3v) is 10.2. The molecule has 2 aromatic carbocycles. The van der Waals surface area contributed by atoms with E-state index >= 15 is 0 Å². The van der Waals surface area contributed by atoms with Gasteiger partial charge in [-0.1, -0.05) is 81.4 Å². The van der Waals surface area contributed by atoms with Gasteiger partial charge in [0.05, 0.1) is 12.6 Å². The number of nitrogens with two attached hydrogens (primary N) is 1. The van der Waals surface area contributed by atoms with Crippen LogP contribution in [0.15, 0.2) is 60.7 Å². The monoisotopic (exact) mass is 414 g/mol. The fourth-order valence-electron chi connectivity index (χ4n) is 3.82. The molecule has 5 nitrogen and oxygen atoms in total. The van der Waals surface area contributed by atoms with E-state index in [0.29, 0.717) is 13.0 Å². The quantitative estimate of drug-likeness (QED) is 0.550. The van der Waals surface area contributed by atoms with Crippen molar-refractivity contribution in [1.82, 2.24) is 5.32 Å². The second-order valence-electron chi connectivity index (χ2n) is 8.68. The van der Waals surface area contributed by atoms with Gasteiger partial charge < -0.3 is 20.6 Å². The normalized spacial score (nSPS) is 14.2. The predicted molar refractivity (Wildman–Crippen MR) is 121 cm³/mol. The van der Waals surface area contributed by atoms with Gasteiger partial charge in [0.2, 0.25) is 0 Å². The van der Waals surface area contributed by atoms with Crippen molar-refractivity contribution < 1.29 is 14.3 Å². The summed E-state index contributed by atoms with van der Waals surface area (Å²) in [4.78, 5) is 11.3. The first-order valence-corrected chi connectivity index (χ1v) is 12.1. The van der Waals surface area contributed by atoms with Crippen molar-refractivity contribution >= 4 is 24.8 Å². The van der Waals surface area contributed by atoms with Crippen molar-refractivity contribution in [3.05, 3.63) is 60.7 Å². The molecule has 0 radical (unpaired) electrons. The third-order valence-electron chi connectivity index (χ3n) is 5.22. The lowest BCUT2D eigenvalue weighted by atomic mass is 10.1. The summed E-state index contributed by atoms with van der Waals surface area (Å²) in [5, 5.41) is 14.1. The highest BCUT2D eigenvalue weighted by atomic mass is 28.4. The van der Waals surface area contributed by atoms with Crippen LogP contribution in [0, 0.1) is 0 Å². The number of nitrogens with one attached hydrogen (secondary N) is 1. The van der Waals surface area contributed by atoms with Gasteiger partial charge in [-0.25, -0.2) is 4.79 Å². The summed E-state index contributed by atoms with van der Waals surface area (Å²) in [5.74, 6) is 0. The maximum atomic E-state index is 11.3. The molecule has 0 aliphatic heterocycles. The van der Waals surface area contributed by atoms with Gasteiger partial charge in [-0.3, -0.25) is 0 Å². The Morgan fingerprint density at radius 2 is 1.52 bits per heavy atom. The van der Waals surface area contributed by atoms with Crippen LogP contribution in [0.25, 0.3) is 0 Å². The second kappa shape index (κ2) is 10.0. The molecule has 0 aliphatic rings. The van der Waals surface area contributed by atoms with Crippen LogP contribution < -0.4 is 21.4 Å². The summed E-state index contributed by atoms with van der Waals surface area (Å²) in [7, 11) is -2.68. The summed E-state index contributed by atoms with van der Waals surface area (Å²) in [5.41, 5.74) is 5.90. The van der Waals surface area contributed by atoms with E-state index in [0.717, 1.165) is 6.42 Å².